The first kappa shape index (κ1) is 18.7. The van der Waals surface area contributed by atoms with Gasteiger partial charge in [0.25, 0.3) is 11.5 Å². The van der Waals surface area contributed by atoms with Crippen molar-refractivity contribution in [1.29, 1.82) is 0 Å². The molecule has 0 fully saturated rings. The van der Waals surface area contributed by atoms with Gasteiger partial charge in [-0.2, -0.15) is 0 Å². The van der Waals surface area contributed by atoms with Crippen molar-refractivity contribution < 1.29 is 9.18 Å². The number of rotatable bonds is 4. The minimum atomic E-state index is -0.486. The number of nitrogens with zero attached hydrogens (tertiary/aromatic N) is 2. The summed E-state index contributed by atoms with van der Waals surface area (Å²) in [5, 5.41) is 2.88. The average molecular weight is 419 g/mol. The Morgan fingerprint density at radius 2 is 2.03 bits per heavy atom. The fraction of sp³-hybridized carbons (Fsp3) is 0.174. The van der Waals surface area contributed by atoms with E-state index in [4.69, 9.17) is 0 Å². The molecule has 4 aromatic rings. The van der Waals surface area contributed by atoms with Crippen LogP contribution in [0, 0.1) is 5.82 Å². The zero-order chi connectivity index (χ0) is 20.7. The maximum Gasteiger partial charge on any atom is 0.271 e. The summed E-state index contributed by atoms with van der Waals surface area (Å²) >= 11 is 1.43. The zero-order valence-electron chi connectivity index (χ0n) is 16.0. The van der Waals surface area contributed by atoms with Gasteiger partial charge in [0.15, 0.2) is 4.96 Å². The quantitative estimate of drug-likeness (QED) is 0.546. The number of carbonyl (C=O) groups excluding carboxylic acids is 1. The van der Waals surface area contributed by atoms with Gasteiger partial charge in [-0.05, 0) is 35.6 Å². The number of hydrogen-bond donors (Lipinski definition) is 1. The van der Waals surface area contributed by atoms with Crippen molar-refractivity contribution in [1.82, 2.24) is 14.7 Å². The summed E-state index contributed by atoms with van der Waals surface area (Å²) in [6, 6.07) is 14.5. The van der Waals surface area contributed by atoms with E-state index in [-0.39, 0.29) is 17.4 Å². The molecule has 5 nitrogen and oxygen atoms in total. The van der Waals surface area contributed by atoms with E-state index in [2.05, 4.69) is 10.3 Å². The Balaban J connectivity index is 1.41. The lowest BCUT2D eigenvalue weighted by Gasteiger charge is -2.13. The maximum atomic E-state index is 13.9. The molecular formula is C23H18FN3O2S. The van der Waals surface area contributed by atoms with Crippen molar-refractivity contribution >= 4 is 22.2 Å². The molecule has 1 N–H and O–H groups in total. The molecule has 5 rings (SSSR count). The minimum Gasteiger partial charge on any atom is -0.345 e. The fourth-order valence-electron chi connectivity index (χ4n) is 3.96. The van der Waals surface area contributed by atoms with Crippen molar-refractivity contribution in [3.05, 3.63) is 104 Å². The van der Waals surface area contributed by atoms with Gasteiger partial charge >= 0.3 is 0 Å². The van der Waals surface area contributed by atoms with E-state index in [0.717, 1.165) is 16.0 Å². The van der Waals surface area contributed by atoms with E-state index < -0.39 is 11.5 Å². The highest BCUT2D eigenvalue weighted by molar-refractivity contribution is 7.17. The third kappa shape index (κ3) is 3.31. The Labute approximate surface area is 175 Å². The van der Waals surface area contributed by atoms with Crippen molar-refractivity contribution in [3.63, 3.8) is 0 Å². The van der Waals surface area contributed by atoms with E-state index in [1.165, 1.54) is 28.0 Å². The van der Waals surface area contributed by atoms with E-state index in [9.17, 15) is 14.0 Å². The van der Waals surface area contributed by atoms with Crippen LogP contribution in [-0.2, 0) is 12.8 Å². The molecule has 0 bridgehead atoms. The Morgan fingerprint density at radius 1 is 1.20 bits per heavy atom. The number of halogens is 1. The fourth-order valence-corrected chi connectivity index (χ4v) is 4.93. The molecule has 2 aromatic carbocycles. The third-order valence-corrected chi connectivity index (χ3v) is 6.44. The van der Waals surface area contributed by atoms with E-state index in [1.54, 1.807) is 12.3 Å². The lowest BCUT2D eigenvalue weighted by Crippen LogP contribution is -2.33. The molecule has 0 radical (unpaired) electrons. The van der Waals surface area contributed by atoms with Crippen molar-refractivity contribution in [3.8, 4) is 0 Å². The zero-order valence-corrected chi connectivity index (χ0v) is 16.8. The molecule has 1 amide bonds. The normalized spacial score (nSPS) is 15.3. The van der Waals surface area contributed by atoms with Crippen LogP contribution in [0.4, 0.5) is 4.39 Å². The second-order valence-corrected chi connectivity index (χ2v) is 8.46. The minimum absolute atomic E-state index is 0.0126. The molecule has 150 valence electrons. The first-order valence-corrected chi connectivity index (χ1v) is 10.5. The number of carbonyl (C=O) groups is 1. The number of thiazole rings is 1. The molecule has 7 heteroatoms. The van der Waals surface area contributed by atoms with Crippen molar-refractivity contribution in [2.45, 2.75) is 25.3 Å². The van der Waals surface area contributed by atoms with Gasteiger partial charge in [-0.15, -0.1) is 11.3 Å². The van der Waals surface area contributed by atoms with Gasteiger partial charge in [0.2, 0.25) is 0 Å². The molecule has 1 aliphatic carbocycles. The number of benzene rings is 2. The summed E-state index contributed by atoms with van der Waals surface area (Å²) in [7, 11) is 0. The molecule has 0 aliphatic heterocycles. The van der Waals surface area contributed by atoms with Gasteiger partial charge in [-0.1, -0.05) is 42.5 Å². The highest BCUT2D eigenvalue weighted by Crippen LogP contribution is 2.32. The first-order chi connectivity index (χ1) is 14.6. The summed E-state index contributed by atoms with van der Waals surface area (Å²) in [6.07, 6.45) is 4.95. The lowest BCUT2D eigenvalue weighted by atomic mass is 10.1. The topological polar surface area (TPSA) is 63.5 Å². The van der Waals surface area contributed by atoms with E-state index in [1.807, 2.05) is 36.4 Å². The van der Waals surface area contributed by atoms with Gasteiger partial charge in [-0.25, -0.2) is 9.37 Å². The predicted octanol–water partition coefficient (Wildman–Crippen LogP) is 3.90. The average Bonchev–Trinajstić information content (AvgIpc) is 3.34. The Morgan fingerprint density at radius 3 is 2.87 bits per heavy atom. The van der Waals surface area contributed by atoms with Crippen LogP contribution in [0.5, 0.6) is 0 Å². The van der Waals surface area contributed by atoms with Crippen LogP contribution in [0.1, 0.15) is 44.4 Å². The van der Waals surface area contributed by atoms with Crippen molar-refractivity contribution in [2.24, 2.45) is 0 Å². The first-order valence-electron chi connectivity index (χ1n) is 9.72. The Hall–Kier alpha value is -3.32. The molecule has 2 aromatic heterocycles. The van der Waals surface area contributed by atoms with Crippen LogP contribution in [0.2, 0.25) is 0 Å². The molecule has 1 atom stereocenters. The van der Waals surface area contributed by atoms with Gasteiger partial charge in [0.1, 0.15) is 11.4 Å². The standard InChI is InChI=1S/C23H18FN3O2S/c24-19-8-4-7-17-16(19)9-10-20(17)26-21(28)18-12-25-23-27(22(18)29)13-15(30-23)11-14-5-2-1-3-6-14/h1-8,12-13,20H,9-11H2,(H,26,28). The number of hydrogen-bond acceptors (Lipinski definition) is 4. The van der Waals surface area contributed by atoms with E-state index in [0.29, 0.717) is 29.8 Å². The lowest BCUT2D eigenvalue weighted by molar-refractivity contribution is 0.0934. The van der Waals surface area contributed by atoms with Crippen LogP contribution in [0.3, 0.4) is 0 Å². The van der Waals surface area contributed by atoms with Crippen molar-refractivity contribution in [2.75, 3.05) is 0 Å². The monoisotopic (exact) mass is 419 g/mol. The summed E-state index contributed by atoms with van der Waals surface area (Å²) in [5.74, 6) is -0.739. The van der Waals surface area contributed by atoms with Crippen LogP contribution >= 0.6 is 11.3 Å². The maximum absolute atomic E-state index is 13.9. The van der Waals surface area contributed by atoms with Crippen LogP contribution in [0.25, 0.3) is 4.96 Å². The van der Waals surface area contributed by atoms with Gasteiger partial charge < -0.3 is 5.32 Å². The number of nitrogens with one attached hydrogen (secondary N) is 1. The predicted molar refractivity (Wildman–Crippen MR) is 114 cm³/mol. The molecule has 0 saturated carbocycles. The van der Waals surface area contributed by atoms with Gasteiger partial charge in [0.05, 0.1) is 6.04 Å². The Kier molecular flexibility index (Phi) is 4.67. The molecule has 1 unspecified atom stereocenters. The molecule has 2 heterocycles. The second kappa shape index (κ2) is 7.50. The molecule has 30 heavy (non-hydrogen) atoms. The molecular weight excluding hydrogens is 401 g/mol. The highest BCUT2D eigenvalue weighted by atomic mass is 32.1. The van der Waals surface area contributed by atoms with Crippen LogP contribution in [-0.4, -0.2) is 15.3 Å². The third-order valence-electron chi connectivity index (χ3n) is 5.44. The second-order valence-electron chi connectivity index (χ2n) is 7.36. The van der Waals surface area contributed by atoms with Gasteiger partial charge in [-0.3, -0.25) is 14.0 Å². The largest absolute Gasteiger partial charge is 0.345 e. The summed E-state index contributed by atoms with van der Waals surface area (Å²) in [6.45, 7) is 0. The Bertz CT molecular complexity index is 1310. The van der Waals surface area contributed by atoms with Gasteiger partial charge in [0, 0.05) is 23.7 Å². The number of amides is 1. The summed E-state index contributed by atoms with van der Waals surface area (Å²) in [5.41, 5.74) is 2.14. The summed E-state index contributed by atoms with van der Waals surface area (Å²) < 4.78 is 15.4. The number of aromatic nitrogens is 2. The molecule has 1 aliphatic rings. The SMILES string of the molecule is O=C(NC1CCc2c(F)cccc21)c1cnc2sc(Cc3ccccc3)cn2c1=O. The number of fused-ring (bicyclic) bond motifs is 2. The van der Waals surface area contributed by atoms with E-state index >= 15 is 0 Å². The molecule has 0 spiro atoms. The van der Waals surface area contributed by atoms with Crippen LogP contribution in [0.15, 0.2) is 65.7 Å². The molecule has 0 saturated heterocycles. The highest BCUT2D eigenvalue weighted by Gasteiger charge is 2.27. The summed E-state index contributed by atoms with van der Waals surface area (Å²) in [4.78, 5) is 31.6. The van der Waals surface area contributed by atoms with Crippen LogP contribution < -0.4 is 10.9 Å². The smallest absolute Gasteiger partial charge is 0.271 e.